The SMILES string of the molecule is N#C/C(=C/Nc1ccc(Cl)cc1C(F)(F)F)C(=O)Nc1cccc(Cl)c1. The van der Waals surface area contributed by atoms with E-state index < -0.39 is 23.2 Å². The van der Waals surface area contributed by atoms with Crippen molar-refractivity contribution < 1.29 is 18.0 Å². The Hall–Kier alpha value is -2.69. The molecule has 0 atom stereocenters. The number of amides is 1. The van der Waals surface area contributed by atoms with Crippen molar-refractivity contribution in [2.45, 2.75) is 6.18 Å². The van der Waals surface area contributed by atoms with E-state index in [9.17, 15) is 18.0 Å². The number of nitrogens with one attached hydrogen (secondary N) is 2. The molecule has 0 aliphatic rings. The van der Waals surface area contributed by atoms with Gasteiger partial charge in [0.25, 0.3) is 5.91 Å². The number of carbonyl (C=O) groups excluding carboxylic acids is 1. The van der Waals surface area contributed by atoms with E-state index in [1.54, 1.807) is 24.3 Å². The fourth-order valence-electron chi connectivity index (χ4n) is 1.94. The molecule has 2 rings (SSSR count). The average Bonchev–Trinajstić information content (AvgIpc) is 2.55. The van der Waals surface area contributed by atoms with Crippen molar-refractivity contribution in [1.82, 2.24) is 0 Å². The maximum Gasteiger partial charge on any atom is 0.418 e. The van der Waals surface area contributed by atoms with E-state index in [0.717, 1.165) is 18.3 Å². The number of rotatable bonds is 4. The summed E-state index contributed by atoms with van der Waals surface area (Å²) in [6.45, 7) is 0. The fraction of sp³-hybridized carbons (Fsp3) is 0.0588. The predicted octanol–water partition coefficient (Wildman–Crippen LogP) is 5.47. The Labute approximate surface area is 156 Å². The number of carbonyl (C=O) groups is 1. The lowest BCUT2D eigenvalue weighted by molar-refractivity contribution is -0.136. The zero-order chi connectivity index (χ0) is 19.3. The summed E-state index contributed by atoms with van der Waals surface area (Å²) in [6, 6.07) is 10.9. The minimum absolute atomic E-state index is 0.0916. The summed E-state index contributed by atoms with van der Waals surface area (Å²) in [5.41, 5.74) is -1.45. The van der Waals surface area contributed by atoms with Crippen LogP contribution in [0.25, 0.3) is 0 Å². The van der Waals surface area contributed by atoms with Crippen LogP contribution >= 0.6 is 23.2 Å². The summed E-state index contributed by atoms with van der Waals surface area (Å²) in [4.78, 5) is 12.1. The summed E-state index contributed by atoms with van der Waals surface area (Å²) >= 11 is 11.4. The zero-order valence-electron chi connectivity index (χ0n) is 12.9. The number of anilines is 2. The van der Waals surface area contributed by atoms with E-state index in [4.69, 9.17) is 28.5 Å². The van der Waals surface area contributed by atoms with E-state index >= 15 is 0 Å². The molecule has 9 heteroatoms. The third kappa shape index (κ3) is 5.15. The van der Waals surface area contributed by atoms with Gasteiger partial charge in [-0.1, -0.05) is 29.3 Å². The zero-order valence-corrected chi connectivity index (χ0v) is 14.4. The van der Waals surface area contributed by atoms with Gasteiger partial charge in [0.05, 0.1) is 11.3 Å². The van der Waals surface area contributed by atoms with E-state index in [1.807, 2.05) is 0 Å². The molecule has 0 aromatic heterocycles. The molecule has 0 aliphatic heterocycles. The van der Waals surface area contributed by atoms with Crippen LogP contribution in [-0.4, -0.2) is 5.91 Å². The molecule has 4 nitrogen and oxygen atoms in total. The molecule has 26 heavy (non-hydrogen) atoms. The second kappa shape index (κ2) is 8.13. The van der Waals surface area contributed by atoms with Crippen LogP contribution in [0.3, 0.4) is 0 Å². The molecule has 2 N–H and O–H groups in total. The molecule has 0 spiro atoms. The van der Waals surface area contributed by atoms with Gasteiger partial charge in [-0.2, -0.15) is 18.4 Å². The Balaban J connectivity index is 2.22. The number of nitriles is 1. The van der Waals surface area contributed by atoms with E-state index in [-0.39, 0.29) is 10.7 Å². The Morgan fingerprint density at radius 1 is 1.12 bits per heavy atom. The van der Waals surface area contributed by atoms with Crippen molar-refractivity contribution in [3.8, 4) is 6.07 Å². The number of hydrogen-bond donors (Lipinski definition) is 2. The van der Waals surface area contributed by atoms with Crippen LogP contribution in [0.4, 0.5) is 24.5 Å². The normalized spacial score (nSPS) is 11.6. The maximum atomic E-state index is 13.0. The Morgan fingerprint density at radius 3 is 2.42 bits per heavy atom. The maximum absolute atomic E-state index is 13.0. The summed E-state index contributed by atoms with van der Waals surface area (Å²) < 4.78 is 39.1. The van der Waals surface area contributed by atoms with Gasteiger partial charge in [0.2, 0.25) is 0 Å². The highest BCUT2D eigenvalue weighted by Crippen LogP contribution is 2.36. The van der Waals surface area contributed by atoms with Gasteiger partial charge in [-0.25, -0.2) is 0 Å². The van der Waals surface area contributed by atoms with Gasteiger partial charge in [0.1, 0.15) is 11.6 Å². The standard InChI is InChI=1S/C17H10Cl2F3N3O/c18-11-2-1-3-13(6-11)25-16(26)10(8-23)9-24-15-5-4-12(19)7-14(15)17(20,21)22/h1-7,9,24H,(H,25,26)/b10-9-. The smallest absolute Gasteiger partial charge is 0.360 e. The first-order valence-electron chi connectivity index (χ1n) is 7.01. The van der Waals surface area contributed by atoms with Crippen LogP contribution in [0.1, 0.15) is 5.56 Å². The third-order valence-electron chi connectivity index (χ3n) is 3.11. The minimum Gasteiger partial charge on any atom is -0.360 e. The van der Waals surface area contributed by atoms with Crippen molar-refractivity contribution in [3.05, 3.63) is 69.8 Å². The summed E-state index contributed by atoms with van der Waals surface area (Å²) in [6.07, 6.45) is -3.77. The van der Waals surface area contributed by atoms with Crippen molar-refractivity contribution in [2.75, 3.05) is 10.6 Å². The third-order valence-corrected chi connectivity index (χ3v) is 3.58. The van der Waals surface area contributed by atoms with Crippen LogP contribution in [0.15, 0.2) is 54.2 Å². The van der Waals surface area contributed by atoms with E-state index in [0.29, 0.717) is 10.7 Å². The highest BCUT2D eigenvalue weighted by atomic mass is 35.5. The topological polar surface area (TPSA) is 64.9 Å². The lowest BCUT2D eigenvalue weighted by Gasteiger charge is -2.13. The lowest BCUT2D eigenvalue weighted by atomic mass is 10.1. The van der Waals surface area contributed by atoms with Gasteiger partial charge >= 0.3 is 6.18 Å². The van der Waals surface area contributed by atoms with Crippen molar-refractivity contribution >= 4 is 40.5 Å². The molecule has 0 fully saturated rings. The highest BCUT2D eigenvalue weighted by molar-refractivity contribution is 6.31. The molecule has 0 saturated heterocycles. The van der Waals surface area contributed by atoms with Gasteiger partial charge in [0, 0.05) is 21.9 Å². The Kier molecular flexibility index (Phi) is 6.14. The fourth-order valence-corrected chi connectivity index (χ4v) is 2.30. The Bertz CT molecular complexity index is 905. The summed E-state index contributed by atoms with van der Waals surface area (Å²) in [5.74, 6) is -0.801. The first-order chi connectivity index (χ1) is 12.2. The van der Waals surface area contributed by atoms with Crippen molar-refractivity contribution in [3.63, 3.8) is 0 Å². The molecule has 0 saturated carbocycles. The van der Waals surface area contributed by atoms with Crippen LogP contribution in [-0.2, 0) is 11.0 Å². The number of alkyl halides is 3. The molecule has 1 amide bonds. The number of nitrogens with zero attached hydrogens (tertiary/aromatic N) is 1. The van der Waals surface area contributed by atoms with Crippen molar-refractivity contribution in [1.29, 1.82) is 5.26 Å². The number of hydrogen-bond acceptors (Lipinski definition) is 3. The van der Waals surface area contributed by atoms with Crippen LogP contribution in [0.5, 0.6) is 0 Å². The molecule has 2 aromatic rings. The quantitative estimate of drug-likeness (QED) is 0.529. The first kappa shape index (κ1) is 19.6. The average molecular weight is 400 g/mol. The van der Waals surface area contributed by atoms with E-state index in [1.165, 1.54) is 12.1 Å². The van der Waals surface area contributed by atoms with Crippen LogP contribution in [0.2, 0.25) is 10.0 Å². The van der Waals surface area contributed by atoms with E-state index in [2.05, 4.69) is 10.6 Å². The Morgan fingerprint density at radius 2 is 1.81 bits per heavy atom. The molecule has 0 heterocycles. The summed E-state index contributed by atoms with van der Waals surface area (Å²) in [7, 11) is 0. The number of benzene rings is 2. The van der Waals surface area contributed by atoms with Gasteiger partial charge in [-0.05, 0) is 36.4 Å². The van der Waals surface area contributed by atoms with Crippen molar-refractivity contribution in [2.24, 2.45) is 0 Å². The van der Waals surface area contributed by atoms with Crippen LogP contribution < -0.4 is 10.6 Å². The molecule has 134 valence electrons. The van der Waals surface area contributed by atoms with Crippen LogP contribution in [0, 0.1) is 11.3 Å². The second-order valence-corrected chi connectivity index (χ2v) is 5.84. The minimum atomic E-state index is -4.66. The van der Waals surface area contributed by atoms with Gasteiger partial charge in [0.15, 0.2) is 0 Å². The lowest BCUT2D eigenvalue weighted by Crippen LogP contribution is -2.15. The highest BCUT2D eigenvalue weighted by Gasteiger charge is 2.33. The second-order valence-electron chi connectivity index (χ2n) is 4.97. The van der Waals surface area contributed by atoms with Gasteiger partial charge in [-0.15, -0.1) is 0 Å². The molecule has 0 unspecified atom stereocenters. The molecular formula is C17H10Cl2F3N3O. The first-order valence-corrected chi connectivity index (χ1v) is 7.77. The molecule has 0 aliphatic carbocycles. The predicted molar refractivity (Wildman–Crippen MR) is 93.9 cm³/mol. The monoisotopic (exact) mass is 399 g/mol. The van der Waals surface area contributed by atoms with Gasteiger partial charge in [-0.3, -0.25) is 4.79 Å². The molecule has 0 bridgehead atoms. The summed E-state index contributed by atoms with van der Waals surface area (Å²) in [5, 5.41) is 14.1. The van der Waals surface area contributed by atoms with Gasteiger partial charge < -0.3 is 10.6 Å². The largest absolute Gasteiger partial charge is 0.418 e. The molecular weight excluding hydrogens is 390 g/mol. The number of halogens is 5. The molecule has 0 radical (unpaired) electrons. The molecule has 2 aromatic carbocycles.